The van der Waals surface area contributed by atoms with Crippen LogP contribution >= 0.6 is 11.6 Å². The Kier molecular flexibility index (Phi) is 6.54. The lowest BCUT2D eigenvalue weighted by Gasteiger charge is -2.18. The van der Waals surface area contributed by atoms with Gasteiger partial charge >= 0.3 is 11.7 Å². The van der Waals surface area contributed by atoms with Gasteiger partial charge in [-0.05, 0) is 36.4 Å². The third kappa shape index (κ3) is 5.23. The van der Waals surface area contributed by atoms with Crippen molar-refractivity contribution in [2.45, 2.75) is 12.7 Å². The number of pyridine rings is 1. The molecule has 3 heterocycles. The molecule has 14 heteroatoms. The van der Waals surface area contributed by atoms with Crippen LogP contribution in [0.5, 0.6) is 11.5 Å². The highest BCUT2D eigenvalue weighted by Gasteiger charge is 2.40. The number of nitriles is 1. The van der Waals surface area contributed by atoms with Gasteiger partial charge in [0.1, 0.15) is 11.6 Å². The second kappa shape index (κ2) is 9.59. The lowest BCUT2D eigenvalue weighted by atomic mass is 10.1. The zero-order valence-corrected chi connectivity index (χ0v) is 18.4. The number of benzene rings is 1. The minimum Gasteiger partial charge on any atom is -0.449 e. The minimum atomic E-state index is -5.09. The Morgan fingerprint density at radius 2 is 1.92 bits per heavy atom. The first-order valence-electron chi connectivity index (χ1n) is 9.81. The van der Waals surface area contributed by atoms with Gasteiger partial charge in [-0.15, -0.1) is 0 Å². The number of nitrogens with zero attached hydrogens (tertiary/aromatic N) is 5. The van der Waals surface area contributed by atoms with Crippen LogP contribution < -0.4 is 15.9 Å². The van der Waals surface area contributed by atoms with E-state index in [1.165, 1.54) is 18.2 Å². The Morgan fingerprint density at radius 1 is 1.14 bits per heavy atom. The second-order valence-electron chi connectivity index (χ2n) is 7.21. The molecule has 0 saturated carbocycles. The SMILES string of the molecule is N#Cc1cc(Cl)cc(Oc2c(C(F)(F)F)n(Cc3cc(-c4ccc(F)cn4)c(=O)[nH]n3)cnc2=O)c1. The first kappa shape index (κ1) is 24.6. The fourth-order valence-electron chi connectivity index (χ4n) is 3.21. The standard InChI is InChI=1S/C22H11ClF4N6O3/c23-12-3-11(7-28)4-15(5-12)36-18-19(22(25,26)27)33(10-30-21(18)35)9-14-6-16(20(34)32-31-14)17-2-1-13(24)8-29-17/h1-6,8,10H,9H2,(H,32,34). The second-order valence-corrected chi connectivity index (χ2v) is 7.64. The van der Waals surface area contributed by atoms with Gasteiger partial charge < -0.3 is 9.30 Å². The number of ether oxygens (including phenoxy) is 1. The van der Waals surface area contributed by atoms with Crippen molar-refractivity contribution in [1.82, 2.24) is 24.7 Å². The number of hydrogen-bond acceptors (Lipinski definition) is 7. The van der Waals surface area contributed by atoms with E-state index in [9.17, 15) is 27.2 Å². The van der Waals surface area contributed by atoms with Gasteiger partial charge in [-0.1, -0.05) is 11.6 Å². The average Bonchev–Trinajstić information content (AvgIpc) is 2.82. The zero-order valence-electron chi connectivity index (χ0n) is 17.7. The molecule has 0 amide bonds. The summed E-state index contributed by atoms with van der Waals surface area (Å²) in [5.41, 5.74) is -3.58. The molecule has 0 fully saturated rings. The molecular formula is C22H11ClF4N6O3. The monoisotopic (exact) mass is 518 g/mol. The van der Waals surface area contributed by atoms with Crippen molar-refractivity contribution in [1.29, 1.82) is 5.26 Å². The maximum absolute atomic E-state index is 14.1. The highest BCUT2D eigenvalue weighted by molar-refractivity contribution is 6.30. The van der Waals surface area contributed by atoms with E-state index in [1.807, 2.05) is 0 Å². The summed E-state index contributed by atoms with van der Waals surface area (Å²) in [6.07, 6.45) is -3.56. The Bertz CT molecular complexity index is 1610. The van der Waals surface area contributed by atoms with Gasteiger partial charge in [0.25, 0.3) is 5.56 Å². The van der Waals surface area contributed by atoms with Crippen LogP contribution in [0.25, 0.3) is 11.3 Å². The molecule has 0 aliphatic heterocycles. The Morgan fingerprint density at radius 3 is 2.58 bits per heavy atom. The fraction of sp³-hybridized carbons (Fsp3) is 0.0909. The van der Waals surface area contributed by atoms with Crippen molar-refractivity contribution in [3.05, 3.63) is 97.4 Å². The zero-order chi connectivity index (χ0) is 26.0. The number of nitrogens with one attached hydrogen (secondary N) is 1. The lowest BCUT2D eigenvalue weighted by Crippen LogP contribution is -2.25. The number of alkyl halides is 3. The first-order chi connectivity index (χ1) is 17.0. The van der Waals surface area contributed by atoms with Gasteiger partial charge in [0.15, 0.2) is 5.69 Å². The lowest BCUT2D eigenvalue weighted by molar-refractivity contribution is -0.145. The van der Waals surface area contributed by atoms with Gasteiger partial charge in [-0.25, -0.2) is 9.49 Å². The van der Waals surface area contributed by atoms with Gasteiger partial charge in [0.2, 0.25) is 5.75 Å². The van der Waals surface area contributed by atoms with Crippen LogP contribution in [-0.4, -0.2) is 24.7 Å². The van der Waals surface area contributed by atoms with Crippen molar-refractivity contribution in [2.24, 2.45) is 0 Å². The molecule has 4 aromatic rings. The molecule has 0 bridgehead atoms. The number of aromatic nitrogens is 5. The van der Waals surface area contributed by atoms with E-state index in [2.05, 4.69) is 20.2 Å². The van der Waals surface area contributed by atoms with E-state index in [-0.39, 0.29) is 33.3 Å². The molecule has 0 saturated heterocycles. The van der Waals surface area contributed by atoms with Gasteiger partial charge in [0, 0.05) is 5.02 Å². The summed E-state index contributed by atoms with van der Waals surface area (Å²) in [5, 5.41) is 15.0. The van der Waals surface area contributed by atoms with Crippen molar-refractivity contribution in [2.75, 3.05) is 0 Å². The summed E-state index contributed by atoms with van der Waals surface area (Å²) in [4.78, 5) is 31.7. The topological polar surface area (TPSA) is 127 Å². The van der Waals surface area contributed by atoms with Crippen LogP contribution in [0.4, 0.5) is 17.6 Å². The van der Waals surface area contributed by atoms with Crippen LogP contribution in [0.15, 0.2) is 58.5 Å². The van der Waals surface area contributed by atoms with Crippen molar-refractivity contribution in [3.63, 3.8) is 0 Å². The molecule has 1 N–H and O–H groups in total. The first-order valence-corrected chi connectivity index (χ1v) is 10.2. The molecule has 0 radical (unpaired) electrons. The molecule has 9 nitrogen and oxygen atoms in total. The van der Waals surface area contributed by atoms with E-state index in [0.717, 1.165) is 24.4 Å². The summed E-state index contributed by atoms with van der Waals surface area (Å²) < 4.78 is 61.2. The van der Waals surface area contributed by atoms with E-state index >= 15 is 0 Å². The van der Waals surface area contributed by atoms with Gasteiger partial charge in [-0.3, -0.25) is 14.6 Å². The van der Waals surface area contributed by atoms with Crippen LogP contribution in [0.2, 0.25) is 5.02 Å². The van der Waals surface area contributed by atoms with Gasteiger partial charge in [0.05, 0.1) is 47.7 Å². The van der Waals surface area contributed by atoms with Crippen LogP contribution in [0.3, 0.4) is 0 Å². The highest BCUT2D eigenvalue weighted by Crippen LogP contribution is 2.36. The molecular weight excluding hydrogens is 508 g/mol. The number of halogens is 5. The van der Waals surface area contributed by atoms with Crippen molar-refractivity contribution >= 4 is 11.6 Å². The predicted molar refractivity (Wildman–Crippen MR) is 117 cm³/mol. The molecule has 0 aliphatic carbocycles. The van der Waals surface area contributed by atoms with E-state index in [4.69, 9.17) is 21.6 Å². The van der Waals surface area contributed by atoms with E-state index in [1.54, 1.807) is 6.07 Å². The fourth-order valence-corrected chi connectivity index (χ4v) is 3.43. The largest absolute Gasteiger partial charge is 0.449 e. The maximum Gasteiger partial charge on any atom is 0.435 e. The molecule has 0 atom stereocenters. The molecule has 0 spiro atoms. The summed E-state index contributed by atoms with van der Waals surface area (Å²) in [6.45, 7) is -0.595. The number of hydrogen-bond donors (Lipinski definition) is 1. The molecule has 1 aromatic carbocycles. The minimum absolute atomic E-state index is 0.00111. The number of H-pyrrole nitrogens is 1. The van der Waals surface area contributed by atoms with Crippen molar-refractivity contribution < 1.29 is 22.3 Å². The van der Waals surface area contributed by atoms with Crippen LogP contribution in [-0.2, 0) is 12.7 Å². The van der Waals surface area contributed by atoms with E-state index < -0.39 is 41.1 Å². The molecule has 0 aliphatic rings. The molecule has 0 unspecified atom stereocenters. The molecule has 36 heavy (non-hydrogen) atoms. The maximum atomic E-state index is 14.1. The Labute approximate surface area is 203 Å². The number of rotatable bonds is 5. The molecule has 182 valence electrons. The Balaban J connectivity index is 1.79. The summed E-state index contributed by atoms with van der Waals surface area (Å²) in [6, 6.07) is 8.73. The average molecular weight is 519 g/mol. The van der Waals surface area contributed by atoms with E-state index in [0.29, 0.717) is 10.9 Å². The predicted octanol–water partition coefficient (Wildman–Crippen LogP) is 3.91. The summed E-state index contributed by atoms with van der Waals surface area (Å²) >= 11 is 5.87. The Hall–Kier alpha value is -4.57. The summed E-state index contributed by atoms with van der Waals surface area (Å²) in [5.74, 6) is -2.08. The number of aromatic amines is 1. The molecule has 3 aromatic heterocycles. The molecule has 4 rings (SSSR count). The van der Waals surface area contributed by atoms with Gasteiger partial charge in [-0.2, -0.15) is 28.5 Å². The van der Waals surface area contributed by atoms with Crippen LogP contribution in [0, 0.1) is 17.1 Å². The third-order valence-electron chi connectivity index (χ3n) is 4.69. The normalized spacial score (nSPS) is 11.2. The van der Waals surface area contributed by atoms with Crippen LogP contribution in [0.1, 0.15) is 17.0 Å². The third-order valence-corrected chi connectivity index (χ3v) is 4.91. The smallest absolute Gasteiger partial charge is 0.435 e. The van der Waals surface area contributed by atoms with Crippen molar-refractivity contribution in [3.8, 4) is 28.8 Å². The quantitative estimate of drug-likeness (QED) is 0.397. The summed E-state index contributed by atoms with van der Waals surface area (Å²) in [7, 11) is 0. The highest BCUT2D eigenvalue weighted by atomic mass is 35.5.